The van der Waals surface area contributed by atoms with Crippen molar-refractivity contribution in [2.75, 3.05) is 20.0 Å². The Morgan fingerprint density at radius 1 is 1.41 bits per heavy atom. The number of nitrogens with zero attached hydrogens (tertiary/aromatic N) is 2. The van der Waals surface area contributed by atoms with Gasteiger partial charge in [0.05, 0.1) is 26.1 Å². The molecule has 22 heavy (non-hydrogen) atoms. The van der Waals surface area contributed by atoms with Crippen LogP contribution < -0.4 is 20.6 Å². The van der Waals surface area contributed by atoms with Gasteiger partial charge >= 0.3 is 0 Å². The van der Waals surface area contributed by atoms with Crippen molar-refractivity contribution in [3.63, 3.8) is 0 Å². The number of thiazole rings is 1. The van der Waals surface area contributed by atoms with Crippen LogP contribution >= 0.6 is 11.3 Å². The van der Waals surface area contributed by atoms with E-state index in [0.29, 0.717) is 32.8 Å². The largest absolute Gasteiger partial charge is 0.497 e. The van der Waals surface area contributed by atoms with E-state index in [9.17, 15) is 4.79 Å². The lowest BCUT2D eigenvalue weighted by Crippen LogP contribution is -2.17. The van der Waals surface area contributed by atoms with E-state index < -0.39 is 0 Å². The number of hydrazone groups is 1. The Morgan fingerprint density at radius 3 is 2.77 bits per heavy atom. The molecule has 0 radical (unpaired) electrons. The van der Waals surface area contributed by atoms with Crippen LogP contribution in [0.2, 0.25) is 0 Å². The van der Waals surface area contributed by atoms with E-state index in [1.54, 1.807) is 39.3 Å². The van der Waals surface area contributed by atoms with Crippen molar-refractivity contribution >= 4 is 28.6 Å². The van der Waals surface area contributed by atoms with E-state index >= 15 is 0 Å². The second kappa shape index (κ2) is 6.90. The average molecular weight is 320 g/mol. The van der Waals surface area contributed by atoms with E-state index in [-0.39, 0.29) is 5.91 Å². The fourth-order valence-corrected chi connectivity index (χ4v) is 2.50. The molecule has 0 unspecified atom stereocenters. The first-order valence-electron chi connectivity index (χ1n) is 6.33. The third kappa shape index (κ3) is 3.53. The molecule has 3 N–H and O–H groups in total. The number of aryl methyl sites for hydroxylation is 1. The summed E-state index contributed by atoms with van der Waals surface area (Å²) >= 11 is 1.12. The zero-order valence-corrected chi connectivity index (χ0v) is 13.2. The number of carbonyl (C=O) groups is 1. The molecule has 0 saturated carbocycles. The maximum atomic E-state index is 12.0. The fraction of sp³-hybridized carbons (Fsp3) is 0.214. The Bertz CT molecular complexity index is 712. The number of amides is 1. The molecule has 8 heteroatoms. The Kier molecular flexibility index (Phi) is 4.95. The molecule has 116 valence electrons. The summed E-state index contributed by atoms with van der Waals surface area (Å²) in [5.41, 5.74) is 9.27. The van der Waals surface area contributed by atoms with Crippen molar-refractivity contribution in [3.05, 3.63) is 34.3 Å². The first kappa shape index (κ1) is 15.8. The van der Waals surface area contributed by atoms with Crippen LogP contribution in [0, 0.1) is 6.92 Å². The highest BCUT2D eigenvalue weighted by Gasteiger charge is 2.13. The van der Waals surface area contributed by atoms with Crippen molar-refractivity contribution in [3.8, 4) is 11.5 Å². The number of nitrogen functional groups attached to an aromatic ring is 1. The molecule has 0 bridgehead atoms. The van der Waals surface area contributed by atoms with Crippen molar-refractivity contribution in [2.24, 2.45) is 5.10 Å². The van der Waals surface area contributed by atoms with Gasteiger partial charge in [-0.15, -0.1) is 0 Å². The minimum absolute atomic E-state index is 0.348. The van der Waals surface area contributed by atoms with Crippen LogP contribution in [-0.2, 0) is 0 Å². The Hall–Kier alpha value is -2.61. The van der Waals surface area contributed by atoms with Gasteiger partial charge in [-0.1, -0.05) is 11.3 Å². The lowest BCUT2D eigenvalue weighted by Gasteiger charge is -2.06. The molecule has 0 aliphatic carbocycles. The summed E-state index contributed by atoms with van der Waals surface area (Å²) in [6.07, 6.45) is 1.49. The van der Waals surface area contributed by atoms with Gasteiger partial charge in [-0.3, -0.25) is 4.79 Å². The van der Waals surface area contributed by atoms with Gasteiger partial charge in [0.1, 0.15) is 16.4 Å². The maximum absolute atomic E-state index is 12.0. The third-order valence-electron chi connectivity index (χ3n) is 2.83. The molecular formula is C14H16N4O3S. The summed E-state index contributed by atoms with van der Waals surface area (Å²) in [4.78, 5) is 16.4. The van der Waals surface area contributed by atoms with Crippen LogP contribution in [0.3, 0.4) is 0 Å². The number of rotatable bonds is 5. The Balaban J connectivity index is 2.12. The lowest BCUT2D eigenvalue weighted by atomic mass is 10.2. The maximum Gasteiger partial charge on any atom is 0.283 e. The quantitative estimate of drug-likeness (QED) is 0.646. The van der Waals surface area contributed by atoms with E-state index in [1.807, 2.05) is 0 Å². The molecular weight excluding hydrogens is 304 g/mol. The van der Waals surface area contributed by atoms with Crippen LogP contribution in [0.4, 0.5) is 5.13 Å². The van der Waals surface area contributed by atoms with Crippen molar-refractivity contribution in [1.82, 2.24) is 10.4 Å². The predicted molar refractivity (Wildman–Crippen MR) is 85.9 cm³/mol. The number of carbonyl (C=O) groups excluding carboxylic acids is 1. The summed E-state index contributed by atoms with van der Waals surface area (Å²) in [6.45, 7) is 1.72. The summed E-state index contributed by atoms with van der Waals surface area (Å²) < 4.78 is 10.4. The first-order valence-corrected chi connectivity index (χ1v) is 7.15. The number of methoxy groups -OCH3 is 2. The SMILES string of the molecule is COc1ccc(OC)c(/C=N/NC(=O)c2sc(N)nc2C)c1. The van der Waals surface area contributed by atoms with Gasteiger partial charge in [0.25, 0.3) is 5.91 Å². The number of hydrogen-bond acceptors (Lipinski definition) is 7. The number of benzene rings is 1. The molecule has 2 aromatic rings. The van der Waals surface area contributed by atoms with E-state index in [0.717, 1.165) is 11.3 Å². The fourth-order valence-electron chi connectivity index (χ4n) is 1.78. The Labute approximate surface area is 131 Å². The molecule has 2 rings (SSSR count). The van der Waals surface area contributed by atoms with Gasteiger partial charge in [0.15, 0.2) is 5.13 Å². The molecule has 1 amide bonds. The highest BCUT2D eigenvalue weighted by atomic mass is 32.1. The van der Waals surface area contributed by atoms with Gasteiger partial charge in [-0.05, 0) is 25.1 Å². The van der Waals surface area contributed by atoms with Gasteiger partial charge < -0.3 is 15.2 Å². The molecule has 0 saturated heterocycles. The number of anilines is 1. The molecule has 0 spiro atoms. The zero-order chi connectivity index (χ0) is 16.1. The van der Waals surface area contributed by atoms with Crippen LogP contribution in [0.15, 0.2) is 23.3 Å². The summed E-state index contributed by atoms with van der Waals surface area (Å²) in [5.74, 6) is 0.932. The molecule has 7 nitrogen and oxygen atoms in total. The molecule has 0 aliphatic rings. The predicted octanol–water partition coefficient (Wildman–Crippen LogP) is 1.81. The molecule has 1 heterocycles. The van der Waals surface area contributed by atoms with Crippen LogP contribution in [0.1, 0.15) is 20.9 Å². The minimum Gasteiger partial charge on any atom is -0.497 e. The van der Waals surface area contributed by atoms with Crippen LogP contribution in [-0.4, -0.2) is 31.3 Å². The second-order valence-electron chi connectivity index (χ2n) is 4.27. The zero-order valence-electron chi connectivity index (χ0n) is 12.4. The van der Waals surface area contributed by atoms with E-state index in [1.165, 1.54) is 6.21 Å². The molecule has 0 fully saturated rings. The standard InChI is InChI=1S/C14H16N4O3S/c1-8-12(22-14(15)17-8)13(19)18-16-7-9-6-10(20-2)4-5-11(9)21-3/h4-7H,1-3H3,(H2,15,17)(H,18,19)/b16-7+. The second-order valence-corrected chi connectivity index (χ2v) is 5.30. The molecule has 0 atom stereocenters. The van der Waals surface area contributed by atoms with E-state index in [2.05, 4.69) is 15.5 Å². The van der Waals surface area contributed by atoms with Crippen LogP contribution in [0.5, 0.6) is 11.5 Å². The monoisotopic (exact) mass is 320 g/mol. The summed E-state index contributed by atoms with van der Waals surface area (Å²) in [7, 11) is 3.13. The van der Waals surface area contributed by atoms with Gasteiger partial charge in [0.2, 0.25) is 0 Å². The third-order valence-corrected chi connectivity index (χ3v) is 3.81. The topological polar surface area (TPSA) is 98.8 Å². The minimum atomic E-state index is -0.357. The number of hydrogen-bond donors (Lipinski definition) is 2. The van der Waals surface area contributed by atoms with Gasteiger partial charge in [-0.2, -0.15) is 5.10 Å². The van der Waals surface area contributed by atoms with Crippen molar-refractivity contribution in [2.45, 2.75) is 6.92 Å². The van der Waals surface area contributed by atoms with Crippen molar-refractivity contribution in [1.29, 1.82) is 0 Å². The normalized spacial score (nSPS) is 10.7. The molecule has 0 aliphatic heterocycles. The highest BCUT2D eigenvalue weighted by Crippen LogP contribution is 2.22. The average Bonchev–Trinajstić information content (AvgIpc) is 2.85. The lowest BCUT2D eigenvalue weighted by molar-refractivity contribution is 0.0958. The van der Waals surface area contributed by atoms with Crippen molar-refractivity contribution < 1.29 is 14.3 Å². The molecule has 1 aromatic heterocycles. The molecule has 1 aromatic carbocycles. The first-order chi connectivity index (χ1) is 10.5. The number of nitrogens with one attached hydrogen (secondary N) is 1. The van der Waals surface area contributed by atoms with Crippen LogP contribution in [0.25, 0.3) is 0 Å². The number of aromatic nitrogens is 1. The summed E-state index contributed by atoms with van der Waals surface area (Å²) in [6, 6.07) is 5.29. The van der Waals surface area contributed by atoms with E-state index in [4.69, 9.17) is 15.2 Å². The number of ether oxygens (including phenoxy) is 2. The highest BCUT2D eigenvalue weighted by molar-refractivity contribution is 7.17. The Morgan fingerprint density at radius 2 is 2.18 bits per heavy atom. The van der Waals surface area contributed by atoms with Gasteiger partial charge in [0, 0.05) is 5.56 Å². The summed E-state index contributed by atoms with van der Waals surface area (Å²) in [5, 5.41) is 4.28. The van der Waals surface area contributed by atoms with Gasteiger partial charge in [-0.25, -0.2) is 10.4 Å². The smallest absolute Gasteiger partial charge is 0.283 e. The number of nitrogens with two attached hydrogens (primary N) is 1.